The molecule has 0 aromatic heterocycles. The van der Waals surface area contributed by atoms with Crippen molar-refractivity contribution >= 4 is 11.7 Å². The van der Waals surface area contributed by atoms with Gasteiger partial charge in [-0.05, 0) is 36.6 Å². The maximum Gasteiger partial charge on any atom is 0.336 e. The summed E-state index contributed by atoms with van der Waals surface area (Å²) in [5.74, 6) is -0.845. The molecule has 0 saturated carbocycles. The van der Waals surface area contributed by atoms with Gasteiger partial charge in [0.2, 0.25) is 0 Å². The van der Waals surface area contributed by atoms with E-state index in [-0.39, 0.29) is 0 Å². The van der Waals surface area contributed by atoms with Crippen molar-refractivity contribution in [3.05, 3.63) is 65.2 Å². The van der Waals surface area contributed by atoms with Crippen molar-refractivity contribution < 1.29 is 9.90 Å². The summed E-state index contributed by atoms with van der Waals surface area (Å²) in [6, 6.07) is 15.8. The molecule has 24 heavy (non-hydrogen) atoms. The number of para-hydroxylation sites is 1. The predicted molar refractivity (Wildman–Crippen MR) is 96.7 cm³/mol. The van der Waals surface area contributed by atoms with Crippen LogP contribution in [0.5, 0.6) is 0 Å². The van der Waals surface area contributed by atoms with Crippen LogP contribution in [0.4, 0.5) is 5.69 Å². The number of aryl methyl sites for hydroxylation is 1. The minimum atomic E-state index is -0.845. The molecule has 2 aromatic rings. The van der Waals surface area contributed by atoms with Crippen LogP contribution in [0.3, 0.4) is 0 Å². The highest BCUT2D eigenvalue weighted by Crippen LogP contribution is 2.21. The third-order valence-corrected chi connectivity index (χ3v) is 4.69. The number of nitrogens with zero attached hydrogens (tertiary/aromatic N) is 2. The molecule has 4 heteroatoms. The van der Waals surface area contributed by atoms with Crippen molar-refractivity contribution in [1.82, 2.24) is 4.90 Å². The number of anilines is 1. The Balaban J connectivity index is 1.68. The van der Waals surface area contributed by atoms with Crippen molar-refractivity contribution in [3.63, 3.8) is 0 Å². The van der Waals surface area contributed by atoms with Crippen LogP contribution in [-0.4, -0.2) is 42.2 Å². The van der Waals surface area contributed by atoms with Gasteiger partial charge in [0.1, 0.15) is 0 Å². The lowest BCUT2D eigenvalue weighted by atomic mass is 10.1. The van der Waals surface area contributed by atoms with Gasteiger partial charge in [-0.25, -0.2) is 4.79 Å². The second-order valence-corrected chi connectivity index (χ2v) is 6.37. The van der Waals surface area contributed by atoms with Crippen molar-refractivity contribution in [1.29, 1.82) is 0 Å². The molecule has 1 N–H and O–H groups in total. The van der Waals surface area contributed by atoms with Crippen LogP contribution in [0.25, 0.3) is 0 Å². The number of hydrogen-bond donors (Lipinski definition) is 1. The lowest BCUT2D eigenvalue weighted by molar-refractivity contribution is 0.0694. The SMILES string of the molecule is Cc1ccccc1N1CCCN(Cc2ccccc2C(=O)O)CC1. The number of aromatic carboxylic acids is 1. The normalized spacial score (nSPS) is 16.0. The molecule has 1 saturated heterocycles. The highest BCUT2D eigenvalue weighted by atomic mass is 16.4. The van der Waals surface area contributed by atoms with Crippen molar-refractivity contribution in [2.24, 2.45) is 0 Å². The quantitative estimate of drug-likeness (QED) is 0.936. The summed E-state index contributed by atoms with van der Waals surface area (Å²) in [6.07, 6.45) is 1.09. The third-order valence-electron chi connectivity index (χ3n) is 4.69. The van der Waals surface area contributed by atoms with E-state index in [2.05, 4.69) is 41.0 Å². The Labute approximate surface area is 143 Å². The van der Waals surface area contributed by atoms with Crippen LogP contribution in [0, 0.1) is 6.92 Å². The minimum absolute atomic E-state index is 0.414. The molecule has 126 valence electrons. The van der Waals surface area contributed by atoms with E-state index in [0.29, 0.717) is 12.1 Å². The molecule has 1 aliphatic rings. The van der Waals surface area contributed by atoms with E-state index in [4.69, 9.17) is 0 Å². The summed E-state index contributed by atoms with van der Waals surface area (Å²) in [5.41, 5.74) is 3.93. The zero-order valence-electron chi connectivity index (χ0n) is 14.1. The fraction of sp³-hybridized carbons (Fsp3) is 0.350. The molecule has 0 atom stereocenters. The Bertz CT molecular complexity index is 714. The van der Waals surface area contributed by atoms with Crippen molar-refractivity contribution in [2.45, 2.75) is 19.9 Å². The lowest BCUT2D eigenvalue weighted by Crippen LogP contribution is -2.31. The fourth-order valence-corrected chi connectivity index (χ4v) is 3.40. The maximum absolute atomic E-state index is 11.4. The van der Waals surface area contributed by atoms with Gasteiger partial charge in [0.25, 0.3) is 0 Å². The van der Waals surface area contributed by atoms with Gasteiger partial charge in [-0.15, -0.1) is 0 Å². The largest absolute Gasteiger partial charge is 0.478 e. The van der Waals surface area contributed by atoms with Gasteiger partial charge in [0.15, 0.2) is 0 Å². The number of benzene rings is 2. The molecular formula is C20H24N2O2. The Morgan fingerprint density at radius 1 is 1.00 bits per heavy atom. The number of carboxylic acids is 1. The van der Waals surface area contributed by atoms with Gasteiger partial charge in [0, 0.05) is 38.4 Å². The molecule has 0 aliphatic carbocycles. The van der Waals surface area contributed by atoms with E-state index in [1.807, 2.05) is 12.1 Å². The van der Waals surface area contributed by atoms with Gasteiger partial charge < -0.3 is 10.0 Å². The molecule has 1 aliphatic heterocycles. The van der Waals surface area contributed by atoms with Gasteiger partial charge in [-0.1, -0.05) is 36.4 Å². The smallest absolute Gasteiger partial charge is 0.336 e. The summed E-state index contributed by atoms with van der Waals surface area (Å²) < 4.78 is 0. The van der Waals surface area contributed by atoms with Gasteiger partial charge in [-0.2, -0.15) is 0 Å². The summed E-state index contributed by atoms with van der Waals surface area (Å²) in [5, 5.41) is 9.35. The Morgan fingerprint density at radius 3 is 2.54 bits per heavy atom. The highest BCUT2D eigenvalue weighted by molar-refractivity contribution is 5.89. The van der Waals surface area contributed by atoms with Gasteiger partial charge >= 0.3 is 5.97 Å². The first-order chi connectivity index (χ1) is 11.6. The van der Waals surface area contributed by atoms with Gasteiger partial charge in [0.05, 0.1) is 5.56 Å². The molecule has 4 nitrogen and oxygen atoms in total. The fourth-order valence-electron chi connectivity index (χ4n) is 3.40. The van der Waals surface area contributed by atoms with Crippen LogP contribution in [-0.2, 0) is 6.54 Å². The Morgan fingerprint density at radius 2 is 1.75 bits per heavy atom. The van der Waals surface area contributed by atoms with Gasteiger partial charge in [-0.3, -0.25) is 4.90 Å². The average Bonchev–Trinajstić information content (AvgIpc) is 2.81. The van der Waals surface area contributed by atoms with Crippen LogP contribution < -0.4 is 4.90 Å². The van der Waals surface area contributed by atoms with E-state index in [1.165, 1.54) is 11.3 Å². The van der Waals surface area contributed by atoms with Crippen molar-refractivity contribution in [2.75, 3.05) is 31.1 Å². The molecule has 0 bridgehead atoms. The monoisotopic (exact) mass is 324 g/mol. The van der Waals surface area contributed by atoms with E-state index in [1.54, 1.807) is 12.1 Å². The average molecular weight is 324 g/mol. The first kappa shape index (κ1) is 16.5. The highest BCUT2D eigenvalue weighted by Gasteiger charge is 2.18. The van der Waals surface area contributed by atoms with Crippen LogP contribution >= 0.6 is 0 Å². The molecule has 1 fully saturated rings. The second-order valence-electron chi connectivity index (χ2n) is 6.37. The zero-order valence-corrected chi connectivity index (χ0v) is 14.1. The zero-order chi connectivity index (χ0) is 16.9. The lowest BCUT2D eigenvalue weighted by Gasteiger charge is -2.25. The third kappa shape index (κ3) is 3.77. The van der Waals surface area contributed by atoms with Crippen LogP contribution in [0.1, 0.15) is 27.9 Å². The summed E-state index contributed by atoms with van der Waals surface area (Å²) in [6.45, 7) is 6.81. The van der Waals surface area contributed by atoms with E-state index in [0.717, 1.165) is 38.2 Å². The maximum atomic E-state index is 11.4. The van der Waals surface area contributed by atoms with Crippen LogP contribution in [0.15, 0.2) is 48.5 Å². The van der Waals surface area contributed by atoms with E-state index >= 15 is 0 Å². The molecule has 0 radical (unpaired) electrons. The first-order valence-corrected chi connectivity index (χ1v) is 8.49. The summed E-state index contributed by atoms with van der Waals surface area (Å²) in [7, 11) is 0. The number of carboxylic acid groups (broad SMARTS) is 1. The Hall–Kier alpha value is -2.33. The molecule has 0 spiro atoms. The second kappa shape index (κ2) is 7.49. The van der Waals surface area contributed by atoms with Crippen molar-refractivity contribution in [3.8, 4) is 0 Å². The summed E-state index contributed by atoms with van der Waals surface area (Å²) >= 11 is 0. The predicted octanol–water partition coefficient (Wildman–Crippen LogP) is 3.41. The molecule has 3 rings (SSSR count). The first-order valence-electron chi connectivity index (χ1n) is 8.49. The topological polar surface area (TPSA) is 43.8 Å². The number of rotatable bonds is 4. The summed E-state index contributed by atoms with van der Waals surface area (Å²) in [4.78, 5) is 16.2. The number of carbonyl (C=O) groups is 1. The minimum Gasteiger partial charge on any atom is -0.478 e. The standard InChI is InChI=1S/C20H24N2O2/c1-16-7-2-5-10-19(16)22-12-6-11-21(13-14-22)15-17-8-3-4-9-18(17)20(23)24/h2-5,7-10H,6,11-15H2,1H3,(H,23,24). The molecule has 0 amide bonds. The van der Waals surface area contributed by atoms with E-state index < -0.39 is 5.97 Å². The Kier molecular flexibility index (Phi) is 5.16. The molecule has 2 aromatic carbocycles. The molecule has 1 heterocycles. The van der Waals surface area contributed by atoms with E-state index in [9.17, 15) is 9.90 Å². The number of hydrogen-bond acceptors (Lipinski definition) is 3. The molecule has 0 unspecified atom stereocenters. The molecular weight excluding hydrogens is 300 g/mol. The van der Waals surface area contributed by atoms with Crippen LogP contribution in [0.2, 0.25) is 0 Å².